The molecular weight excluding hydrogens is 430 g/mol. The molecule has 3 aromatic carbocycles. The topological polar surface area (TPSA) is 43.7 Å². The van der Waals surface area contributed by atoms with E-state index in [4.69, 9.17) is 0 Å². The number of hydrogen-bond donors (Lipinski definition) is 2. The molecule has 3 nitrogen and oxygen atoms in total. The SMILES string of the molecule is C=C1CC(c2ccc(-c3ccc(C4CC(C)CC(O)C4)cc3)cc2O)N1c1ccccc1.CCC. The molecule has 0 spiro atoms. The fourth-order valence-corrected chi connectivity index (χ4v) is 5.51. The Morgan fingerprint density at radius 3 is 2.14 bits per heavy atom. The number of aliphatic hydroxyl groups excluding tert-OH is 1. The Morgan fingerprint density at radius 1 is 0.886 bits per heavy atom. The third-order valence-corrected chi connectivity index (χ3v) is 7.14. The van der Waals surface area contributed by atoms with Crippen LogP contribution >= 0.6 is 0 Å². The molecule has 184 valence electrons. The summed E-state index contributed by atoms with van der Waals surface area (Å²) in [6, 6.07) is 25.0. The second kappa shape index (κ2) is 11.1. The van der Waals surface area contributed by atoms with Gasteiger partial charge in [-0.3, -0.25) is 0 Å². The molecule has 1 heterocycles. The second-order valence-electron chi connectivity index (χ2n) is 10.3. The maximum absolute atomic E-state index is 10.9. The Morgan fingerprint density at radius 2 is 1.54 bits per heavy atom. The van der Waals surface area contributed by atoms with E-state index in [2.05, 4.69) is 74.7 Å². The van der Waals surface area contributed by atoms with E-state index >= 15 is 0 Å². The lowest BCUT2D eigenvalue weighted by Crippen LogP contribution is -2.38. The lowest BCUT2D eigenvalue weighted by molar-refractivity contribution is 0.0946. The van der Waals surface area contributed by atoms with E-state index in [-0.39, 0.29) is 12.1 Å². The summed E-state index contributed by atoms with van der Waals surface area (Å²) in [5.41, 5.74) is 6.52. The summed E-state index contributed by atoms with van der Waals surface area (Å²) in [6.07, 6.45) is 4.81. The van der Waals surface area contributed by atoms with Gasteiger partial charge in [0.25, 0.3) is 0 Å². The van der Waals surface area contributed by atoms with Gasteiger partial charge in [-0.1, -0.05) is 88.4 Å². The van der Waals surface area contributed by atoms with Crippen molar-refractivity contribution >= 4 is 5.69 Å². The number of rotatable bonds is 4. The van der Waals surface area contributed by atoms with E-state index in [9.17, 15) is 10.2 Å². The van der Waals surface area contributed by atoms with Crippen molar-refractivity contribution < 1.29 is 10.2 Å². The van der Waals surface area contributed by atoms with E-state index in [0.29, 0.717) is 17.6 Å². The minimum Gasteiger partial charge on any atom is -0.508 e. The van der Waals surface area contributed by atoms with Crippen molar-refractivity contribution in [2.45, 2.75) is 70.9 Å². The first-order chi connectivity index (χ1) is 16.9. The lowest BCUT2D eigenvalue weighted by atomic mass is 9.77. The molecule has 5 rings (SSSR count). The molecule has 1 aliphatic heterocycles. The molecule has 4 atom stereocenters. The van der Waals surface area contributed by atoms with Gasteiger partial charge in [0, 0.05) is 23.4 Å². The highest BCUT2D eigenvalue weighted by atomic mass is 16.3. The summed E-state index contributed by atoms with van der Waals surface area (Å²) in [5, 5.41) is 21.0. The van der Waals surface area contributed by atoms with Crippen LogP contribution in [0.25, 0.3) is 11.1 Å². The molecule has 1 saturated carbocycles. The van der Waals surface area contributed by atoms with Gasteiger partial charge in [0.2, 0.25) is 0 Å². The first kappa shape index (κ1) is 25.1. The molecule has 4 unspecified atom stereocenters. The zero-order valence-corrected chi connectivity index (χ0v) is 21.3. The van der Waals surface area contributed by atoms with Crippen LogP contribution in [0.15, 0.2) is 85.1 Å². The lowest BCUT2D eigenvalue weighted by Gasteiger charge is -2.45. The summed E-state index contributed by atoms with van der Waals surface area (Å²) >= 11 is 0. The zero-order valence-electron chi connectivity index (χ0n) is 21.3. The van der Waals surface area contributed by atoms with Crippen molar-refractivity contribution in [3.05, 3.63) is 96.2 Å². The number of para-hydroxylation sites is 1. The fourth-order valence-electron chi connectivity index (χ4n) is 5.51. The van der Waals surface area contributed by atoms with E-state index in [1.165, 1.54) is 12.0 Å². The van der Waals surface area contributed by atoms with Crippen molar-refractivity contribution in [2.24, 2.45) is 5.92 Å². The number of anilines is 1. The quantitative estimate of drug-likeness (QED) is 0.405. The molecule has 3 aromatic rings. The van der Waals surface area contributed by atoms with Crippen LogP contribution in [0.3, 0.4) is 0 Å². The summed E-state index contributed by atoms with van der Waals surface area (Å²) < 4.78 is 0. The van der Waals surface area contributed by atoms with E-state index in [1.54, 1.807) is 0 Å². The van der Waals surface area contributed by atoms with Crippen LogP contribution < -0.4 is 4.90 Å². The fraction of sp³-hybridized carbons (Fsp3) is 0.375. The first-order valence-electron chi connectivity index (χ1n) is 13.0. The molecule has 0 aromatic heterocycles. The summed E-state index contributed by atoms with van der Waals surface area (Å²) in [6.45, 7) is 10.7. The van der Waals surface area contributed by atoms with Crippen LogP contribution in [0.1, 0.15) is 76.0 Å². The molecule has 0 bridgehead atoms. The Kier molecular flexibility index (Phi) is 7.97. The van der Waals surface area contributed by atoms with Crippen molar-refractivity contribution in [1.29, 1.82) is 0 Å². The summed E-state index contributed by atoms with van der Waals surface area (Å²) in [4.78, 5) is 2.20. The highest BCUT2D eigenvalue weighted by Gasteiger charge is 2.35. The van der Waals surface area contributed by atoms with E-state index < -0.39 is 0 Å². The summed E-state index contributed by atoms with van der Waals surface area (Å²) in [5.74, 6) is 1.31. The predicted octanol–water partition coefficient (Wildman–Crippen LogP) is 8.21. The highest BCUT2D eigenvalue weighted by Crippen LogP contribution is 2.47. The average molecular weight is 470 g/mol. The van der Waals surface area contributed by atoms with Gasteiger partial charge in [0.15, 0.2) is 0 Å². The van der Waals surface area contributed by atoms with Crippen LogP contribution in [0, 0.1) is 5.92 Å². The van der Waals surface area contributed by atoms with Crippen LogP contribution in [-0.2, 0) is 0 Å². The Bertz CT molecular complexity index is 1110. The maximum atomic E-state index is 10.9. The molecule has 2 aliphatic rings. The van der Waals surface area contributed by atoms with Gasteiger partial charge in [-0.25, -0.2) is 0 Å². The number of phenolic OH excluding ortho intramolecular Hbond substituents is 1. The Hall–Kier alpha value is -3.04. The number of aromatic hydroxyl groups is 1. The van der Waals surface area contributed by atoms with Crippen LogP contribution in [0.4, 0.5) is 5.69 Å². The molecule has 2 fully saturated rings. The normalized spacial score (nSPS) is 23.8. The monoisotopic (exact) mass is 469 g/mol. The van der Waals surface area contributed by atoms with Crippen LogP contribution in [0.5, 0.6) is 5.75 Å². The Balaban J connectivity index is 0.000000917. The maximum Gasteiger partial charge on any atom is 0.121 e. The van der Waals surface area contributed by atoms with E-state index in [0.717, 1.165) is 53.8 Å². The minimum atomic E-state index is -0.189. The molecule has 1 saturated heterocycles. The molecule has 1 aliphatic carbocycles. The van der Waals surface area contributed by atoms with Crippen LogP contribution in [-0.4, -0.2) is 16.3 Å². The van der Waals surface area contributed by atoms with Crippen LogP contribution in [0.2, 0.25) is 0 Å². The van der Waals surface area contributed by atoms with Gasteiger partial charge >= 0.3 is 0 Å². The molecule has 0 radical (unpaired) electrons. The molecule has 35 heavy (non-hydrogen) atoms. The van der Waals surface area contributed by atoms with Crippen molar-refractivity contribution in [1.82, 2.24) is 0 Å². The molecule has 3 heteroatoms. The van der Waals surface area contributed by atoms with Gasteiger partial charge in [0.05, 0.1) is 12.1 Å². The van der Waals surface area contributed by atoms with Gasteiger partial charge in [-0.15, -0.1) is 0 Å². The second-order valence-corrected chi connectivity index (χ2v) is 10.3. The largest absolute Gasteiger partial charge is 0.508 e. The van der Waals surface area contributed by atoms with Gasteiger partial charge in [-0.05, 0) is 66.0 Å². The number of phenols is 1. The third-order valence-electron chi connectivity index (χ3n) is 7.14. The average Bonchev–Trinajstić information content (AvgIpc) is 2.83. The van der Waals surface area contributed by atoms with Crippen molar-refractivity contribution in [3.63, 3.8) is 0 Å². The smallest absolute Gasteiger partial charge is 0.121 e. The van der Waals surface area contributed by atoms with Gasteiger partial charge in [0.1, 0.15) is 5.75 Å². The highest BCUT2D eigenvalue weighted by molar-refractivity contribution is 5.68. The van der Waals surface area contributed by atoms with Crippen molar-refractivity contribution in [3.8, 4) is 16.9 Å². The number of nitrogens with zero attached hydrogens (tertiary/aromatic N) is 1. The molecule has 2 N–H and O–H groups in total. The van der Waals surface area contributed by atoms with Crippen molar-refractivity contribution in [2.75, 3.05) is 4.90 Å². The standard InChI is InChI=1S/C29H31NO2.C3H8/c1-19-14-24(17-26(31)15-19)22-10-8-21(9-11-22)23-12-13-27(29(32)18-23)28-16-20(2)30(28)25-6-4-3-5-7-25;1-3-2/h3-13,18-19,24,26,28,31-32H,2,14-17H2,1H3;3H2,1-2H3. The minimum absolute atomic E-state index is 0.112. The van der Waals surface area contributed by atoms with Gasteiger partial charge < -0.3 is 15.1 Å². The zero-order chi connectivity index (χ0) is 24.9. The molecular formula is C32H39NO2. The molecule has 0 amide bonds. The summed E-state index contributed by atoms with van der Waals surface area (Å²) in [7, 11) is 0. The predicted molar refractivity (Wildman–Crippen MR) is 147 cm³/mol. The van der Waals surface area contributed by atoms with Gasteiger partial charge in [-0.2, -0.15) is 0 Å². The first-order valence-corrected chi connectivity index (χ1v) is 13.0. The Labute approximate surface area is 210 Å². The number of aliphatic hydroxyl groups is 1. The third kappa shape index (κ3) is 5.62. The number of benzene rings is 3. The van der Waals surface area contributed by atoms with E-state index in [1.807, 2.05) is 30.3 Å². The number of hydrogen-bond acceptors (Lipinski definition) is 3.